The summed E-state index contributed by atoms with van der Waals surface area (Å²) >= 11 is 24.7. The molecule has 94 valence electrons. The molecule has 0 amide bonds. The number of hydrogen-bond donors (Lipinski definition) is 0. The first-order valence-corrected chi connectivity index (χ1v) is 6.87. The summed E-state index contributed by atoms with van der Waals surface area (Å²) in [7, 11) is 0. The predicted molar refractivity (Wildman–Crippen MR) is 80.0 cm³/mol. The summed E-state index contributed by atoms with van der Waals surface area (Å²) < 4.78 is -1.05. The number of halogens is 4. The van der Waals surface area contributed by atoms with Crippen molar-refractivity contribution in [2.24, 2.45) is 0 Å². The molecule has 0 spiro atoms. The Bertz CT molecular complexity index is 532. The van der Waals surface area contributed by atoms with Crippen molar-refractivity contribution < 1.29 is 0 Å². The third-order valence-corrected chi connectivity index (χ3v) is 3.86. The molecular weight excluding hydrogens is 310 g/mol. The van der Waals surface area contributed by atoms with Gasteiger partial charge in [-0.05, 0) is 23.8 Å². The van der Waals surface area contributed by atoms with Gasteiger partial charge in [-0.1, -0.05) is 76.7 Å². The van der Waals surface area contributed by atoms with Crippen molar-refractivity contribution >= 4 is 46.4 Å². The lowest BCUT2D eigenvalue weighted by Crippen LogP contribution is -2.14. The second-order valence-electron chi connectivity index (χ2n) is 3.99. The molecule has 0 aliphatic carbocycles. The summed E-state index contributed by atoms with van der Waals surface area (Å²) in [6, 6.07) is 14.7. The maximum Gasteiger partial charge on any atom is 0.148 e. The molecule has 0 radical (unpaired) electrons. The average molecular weight is 320 g/mol. The Kier molecular flexibility index (Phi) is 4.45. The molecule has 0 heterocycles. The Balaban J connectivity index is 2.27. The maximum absolute atomic E-state index is 6.39. The van der Waals surface area contributed by atoms with Gasteiger partial charge in [0, 0.05) is 22.0 Å². The highest BCUT2D eigenvalue weighted by Crippen LogP contribution is 2.40. The molecular formula is C14H10Cl4. The van der Waals surface area contributed by atoms with Gasteiger partial charge in [0.25, 0.3) is 0 Å². The highest BCUT2D eigenvalue weighted by molar-refractivity contribution is 6.49. The Hall–Kier alpha value is -0.400. The summed E-state index contributed by atoms with van der Waals surface area (Å²) in [6.45, 7) is 0. The number of alkyl halides is 2. The van der Waals surface area contributed by atoms with Gasteiger partial charge in [-0.2, -0.15) is 0 Å². The molecule has 0 saturated carbocycles. The van der Waals surface area contributed by atoms with Crippen LogP contribution in [0.2, 0.25) is 10.0 Å². The molecule has 0 nitrogen and oxygen atoms in total. The lowest BCUT2D eigenvalue weighted by molar-refractivity contribution is 0.837. The van der Waals surface area contributed by atoms with Crippen LogP contribution in [0.25, 0.3) is 0 Å². The molecule has 0 aromatic heterocycles. The Morgan fingerprint density at radius 2 is 1.44 bits per heavy atom. The third-order valence-electron chi connectivity index (χ3n) is 2.61. The van der Waals surface area contributed by atoms with E-state index < -0.39 is 4.33 Å². The van der Waals surface area contributed by atoms with Crippen LogP contribution in [0.4, 0.5) is 0 Å². The van der Waals surface area contributed by atoms with E-state index in [-0.39, 0.29) is 0 Å². The fourth-order valence-electron chi connectivity index (χ4n) is 1.71. The Morgan fingerprint density at radius 3 is 2.06 bits per heavy atom. The van der Waals surface area contributed by atoms with Crippen molar-refractivity contribution in [2.45, 2.75) is 10.8 Å². The van der Waals surface area contributed by atoms with E-state index in [0.29, 0.717) is 22.0 Å². The first kappa shape index (κ1) is 14.0. The molecule has 2 aromatic rings. The van der Waals surface area contributed by atoms with Crippen LogP contribution in [0.5, 0.6) is 0 Å². The second kappa shape index (κ2) is 5.71. The van der Waals surface area contributed by atoms with Crippen LogP contribution >= 0.6 is 46.4 Å². The van der Waals surface area contributed by atoms with Crippen molar-refractivity contribution in [3.8, 4) is 0 Å². The van der Waals surface area contributed by atoms with Crippen LogP contribution in [0.3, 0.4) is 0 Å². The van der Waals surface area contributed by atoms with Gasteiger partial charge in [0.2, 0.25) is 0 Å². The van der Waals surface area contributed by atoms with Gasteiger partial charge >= 0.3 is 0 Å². The first-order valence-electron chi connectivity index (χ1n) is 5.36. The van der Waals surface area contributed by atoms with Crippen LogP contribution < -0.4 is 0 Å². The third kappa shape index (κ3) is 3.33. The minimum Gasteiger partial charge on any atom is -0.0959 e. The Labute approximate surface area is 126 Å². The van der Waals surface area contributed by atoms with Gasteiger partial charge in [-0.25, -0.2) is 0 Å². The molecule has 18 heavy (non-hydrogen) atoms. The molecule has 0 aliphatic rings. The van der Waals surface area contributed by atoms with Crippen LogP contribution in [0.15, 0.2) is 48.5 Å². The summed E-state index contributed by atoms with van der Waals surface area (Å²) in [5.41, 5.74) is 1.72. The zero-order valence-electron chi connectivity index (χ0n) is 9.34. The molecule has 0 bridgehead atoms. The van der Waals surface area contributed by atoms with E-state index in [1.165, 1.54) is 0 Å². The van der Waals surface area contributed by atoms with E-state index in [2.05, 4.69) is 0 Å². The SMILES string of the molecule is Clc1ccc(CC(Cl)(Cl)c2ccccc2Cl)cc1. The van der Waals surface area contributed by atoms with Crippen molar-refractivity contribution in [3.63, 3.8) is 0 Å². The van der Waals surface area contributed by atoms with Gasteiger partial charge < -0.3 is 0 Å². The average Bonchev–Trinajstić information content (AvgIpc) is 2.32. The molecule has 0 saturated heterocycles. The number of hydrogen-bond acceptors (Lipinski definition) is 0. The second-order valence-corrected chi connectivity index (χ2v) is 6.32. The highest BCUT2D eigenvalue weighted by atomic mass is 35.5. The quantitative estimate of drug-likeness (QED) is 0.621. The minimum atomic E-state index is -1.05. The summed E-state index contributed by atoms with van der Waals surface area (Å²) in [6.07, 6.45) is 0.469. The standard InChI is InChI=1S/C14H10Cl4/c15-11-7-5-10(6-8-11)9-14(17,18)12-3-1-2-4-13(12)16/h1-8H,9H2. The minimum absolute atomic E-state index is 0.469. The molecule has 2 rings (SSSR count). The summed E-state index contributed by atoms with van der Waals surface area (Å²) in [4.78, 5) is 0. The highest BCUT2D eigenvalue weighted by Gasteiger charge is 2.29. The molecule has 2 aromatic carbocycles. The van der Waals surface area contributed by atoms with Gasteiger partial charge in [0.15, 0.2) is 0 Å². The van der Waals surface area contributed by atoms with E-state index in [1.54, 1.807) is 6.07 Å². The van der Waals surface area contributed by atoms with Crippen molar-refractivity contribution in [2.75, 3.05) is 0 Å². The van der Waals surface area contributed by atoms with Crippen molar-refractivity contribution in [3.05, 3.63) is 69.7 Å². The normalized spacial score (nSPS) is 11.6. The van der Waals surface area contributed by atoms with E-state index in [4.69, 9.17) is 46.4 Å². The number of benzene rings is 2. The predicted octanol–water partition coefficient (Wildman–Crippen LogP) is 5.87. The van der Waals surface area contributed by atoms with Gasteiger partial charge in [-0.15, -0.1) is 0 Å². The monoisotopic (exact) mass is 318 g/mol. The summed E-state index contributed by atoms with van der Waals surface area (Å²) in [5, 5.41) is 1.25. The van der Waals surface area contributed by atoms with Gasteiger partial charge in [0.05, 0.1) is 0 Å². The van der Waals surface area contributed by atoms with Crippen molar-refractivity contribution in [1.82, 2.24) is 0 Å². The fraction of sp³-hybridized carbons (Fsp3) is 0.143. The number of rotatable bonds is 3. The van der Waals surface area contributed by atoms with E-state index in [9.17, 15) is 0 Å². The zero-order chi connectivity index (χ0) is 13.2. The molecule has 0 aliphatic heterocycles. The van der Waals surface area contributed by atoms with Crippen LogP contribution in [0.1, 0.15) is 11.1 Å². The lowest BCUT2D eigenvalue weighted by atomic mass is 10.0. The molecule has 0 N–H and O–H groups in total. The van der Waals surface area contributed by atoms with E-state index >= 15 is 0 Å². The van der Waals surface area contributed by atoms with E-state index in [0.717, 1.165) is 5.56 Å². The van der Waals surface area contributed by atoms with Gasteiger partial charge in [-0.3, -0.25) is 0 Å². The maximum atomic E-state index is 6.39. The topological polar surface area (TPSA) is 0 Å². The van der Waals surface area contributed by atoms with E-state index in [1.807, 2.05) is 42.5 Å². The van der Waals surface area contributed by atoms with Crippen molar-refractivity contribution in [1.29, 1.82) is 0 Å². The fourth-order valence-corrected chi connectivity index (χ4v) is 2.87. The molecule has 0 unspecified atom stereocenters. The lowest BCUT2D eigenvalue weighted by Gasteiger charge is -2.21. The summed E-state index contributed by atoms with van der Waals surface area (Å²) in [5.74, 6) is 0. The molecule has 4 heteroatoms. The van der Waals surface area contributed by atoms with Gasteiger partial charge in [0.1, 0.15) is 4.33 Å². The smallest absolute Gasteiger partial charge is 0.0959 e. The first-order chi connectivity index (χ1) is 8.49. The molecule has 0 fully saturated rings. The Morgan fingerprint density at radius 1 is 0.833 bits per heavy atom. The van der Waals surface area contributed by atoms with Crippen LogP contribution in [-0.4, -0.2) is 0 Å². The zero-order valence-corrected chi connectivity index (χ0v) is 12.4. The molecule has 0 atom stereocenters. The largest absolute Gasteiger partial charge is 0.148 e. The van der Waals surface area contributed by atoms with Crippen LogP contribution in [0, 0.1) is 0 Å². The van der Waals surface area contributed by atoms with Crippen LogP contribution in [-0.2, 0) is 10.8 Å².